The van der Waals surface area contributed by atoms with E-state index in [1.54, 1.807) is 45.9 Å². The second-order valence-corrected chi connectivity index (χ2v) is 7.92. The third-order valence-corrected chi connectivity index (χ3v) is 3.84. The van der Waals surface area contributed by atoms with Crippen LogP contribution in [0, 0.1) is 18.3 Å². The summed E-state index contributed by atoms with van der Waals surface area (Å²) in [6.07, 6.45) is 2.25. The van der Waals surface area contributed by atoms with Gasteiger partial charge in [0.15, 0.2) is 5.60 Å². The maximum atomic E-state index is 12.5. The van der Waals surface area contributed by atoms with Crippen LogP contribution in [-0.2, 0) is 16.1 Å². The van der Waals surface area contributed by atoms with Crippen molar-refractivity contribution in [1.29, 1.82) is 5.26 Å². The number of amides is 2. The molecule has 3 N–H and O–H groups in total. The molecule has 0 spiro atoms. The molecule has 1 unspecified atom stereocenters. The molecule has 0 saturated carbocycles. The van der Waals surface area contributed by atoms with Crippen LogP contribution < -0.4 is 10.6 Å². The molecule has 29 heavy (non-hydrogen) atoms. The Labute approximate surface area is 169 Å². The molecule has 154 valence electrons. The summed E-state index contributed by atoms with van der Waals surface area (Å²) >= 11 is 0. The molecule has 0 fully saturated rings. The van der Waals surface area contributed by atoms with Crippen molar-refractivity contribution in [2.24, 2.45) is 0 Å². The van der Waals surface area contributed by atoms with Crippen LogP contribution in [0.25, 0.3) is 0 Å². The number of aryl methyl sites for hydroxylation is 1. The molecule has 0 saturated heterocycles. The lowest BCUT2D eigenvalue weighted by molar-refractivity contribution is -0.133. The van der Waals surface area contributed by atoms with Crippen molar-refractivity contribution in [2.45, 2.75) is 52.4 Å². The number of benzene rings is 1. The molecule has 2 amide bonds. The van der Waals surface area contributed by atoms with Gasteiger partial charge in [-0.3, -0.25) is 14.8 Å². The molecule has 1 heterocycles. The zero-order valence-electron chi connectivity index (χ0n) is 17.1. The highest BCUT2D eigenvalue weighted by Gasteiger charge is 2.31. The summed E-state index contributed by atoms with van der Waals surface area (Å²) in [5.41, 5.74) is -0.327. The first kappa shape index (κ1) is 21.9. The standard InChI is InChI=1S/C20H25N5O4/c1-13-8-15(7-6-14(13)9-21)23-17(26)20(5,28)12-25-11-16(10-22-25)24-18(27)29-19(2,3)4/h6-8,10-11,28H,12H2,1-5H3,(H,23,26)(H,24,27). The maximum Gasteiger partial charge on any atom is 0.412 e. The quantitative estimate of drug-likeness (QED) is 0.709. The Morgan fingerprint density at radius 3 is 2.52 bits per heavy atom. The van der Waals surface area contributed by atoms with Gasteiger partial charge in [-0.25, -0.2) is 4.79 Å². The van der Waals surface area contributed by atoms with Crippen LogP contribution in [0.2, 0.25) is 0 Å². The molecule has 1 aromatic carbocycles. The van der Waals surface area contributed by atoms with Gasteiger partial charge in [0.05, 0.1) is 30.1 Å². The highest BCUT2D eigenvalue weighted by molar-refractivity contribution is 5.96. The zero-order chi connectivity index (χ0) is 21.8. The van der Waals surface area contributed by atoms with Crippen LogP contribution in [-0.4, -0.2) is 38.1 Å². The Hall–Kier alpha value is -3.38. The van der Waals surface area contributed by atoms with Crippen LogP contribution in [0.3, 0.4) is 0 Å². The molecule has 2 rings (SSSR count). The van der Waals surface area contributed by atoms with Crippen molar-refractivity contribution in [1.82, 2.24) is 9.78 Å². The van der Waals surface area contributed by atoms with Crippen LogP contribution in [0.1, 0.15) is 38.8 Å². The number of hydrogen-bond donors (Lipinski definition) is 3. The van der Waals surface area contributed by atoms with Gasteiger partial charge in [-0.15, -0.1) is 0 Å². The second kappa shape index (κ2) is 8.32. The minimum absolute atomic E-state index is 0.135. The predicted molar refractivity (Wildman–Crippen MR) is 107 cm³/mol. The number of nitriles is 1. The molecule has 0 aliphatic carbocycles. The highest BCUT2D eigenvalue weighted by Crippen LogP contribution is 2.18. The average Bonchev–Trinajstić information content (AvgIpc) is 2.99. The summed E-state index contributed by atoms with van der Waals surface area (Å²) in [4.78, 5) is 24.3. The number of nitrogens with one attached hydrogen (secondary N) is 2. The van der Waals surface area contributed by atoms with Crippen molar-refractivity contribution >= 4 is 23.4 Å². The molecule has 1 aromatic heterocycles. The fraction of sp³-hybridized carbons (Fsp3) is 0.400. The fourth-order valence-corrected chi connectivity index (χ4v) is 2.46. The normalized spacial score (nSPS) is 13.1. The summed E-state index contributed by atoms with van der Waals surface area (Å²) in [5.74, 6) is -0.626. The molecule has 0 aliphatic heterocycles. The molecular formula is C20H25N5O4. The lowest BCUT2D eigenvalue weighted by Crippen LogP contribution is -2.43. The zero-order valence-corrected chi connectivity index (χ0v) is 17.1. The van der Waals surface area contributed by atoms with E-state index in [1.165, 1.54) is 24.0 Å². The number of aromatic nitrogens is 2. The average molecular weight is 399 g/mol. The summed E-state index contributed by atoms with van der Waals surface area (Å²) in [5, 5.41) is 28.8. The Balaban J connectivity index is 2.01. The first-order valence-corrected chi connectivity index (χ1v) is 8.97. The predicted octanol–water partition coefficient (Wildman–Crippen LogP) is 2.80. The molecule has 9 heteroatoms. The Kier molecular flexibility index (Phi) is 6.29. The number of hydrogen-bond acceptors (Lipinski definition) is 6. The van der Waals surface area contributed by atoms with E-state index < -0.39 is 23.2 Å². The van der Waals surface area contributed by atoms with Gasteiger partial charge in [0.2, 0.25) is 0 Å². The lowest BCUT2D eigenvalue weighted by atomic mass is 10.1. The third-order valence-electron chi connectivity index (χ3n) is 3.84. The van der Waals surface area contributed by atoms with E-state index in [4.69, 9.17) is 10.00 Å². The smallest absolute Gasteiger partial charge is 0.412 e. The fourth-order valence-electron chi connectivity index (χ4n) is 2.46. The van der Waals surface area contributed by atoms with Gasteiger partial charge in [-0.2, -0.15) is 10.4 Å². The van der Waals surface area contributed by atoms with Gasteiger partial charge >= 0.3 is 6.09 Å². The summed E-state index contributed by atoms with van der Waals surface area (Å²) in [7, 11) is 0. The summed E-state index contributed by atoms with van der Waals surface area (Å²) in [6, 6.07) is 6.90. The third kappa shape index (κ3) is 6.33. The molecular weight excluding hydrogens is 374 g/mol. The van der Waals surface area contributed by atoms with Crippen molar-refractivity contribution in [3.8, 4) is 6.07 Å². The largest absolute Gasteiger partial charge is 0.444 e. The van der Waals surface area contributed by atoms with E-state index in [1.807, 2.05) is 0 Å². The lowest BCUT2D eigenvalue weighted by Gasteiger charge is -2.22. The SMILES string of the molecule is Cc1cc(NC(=O)C(C)(O)Cn2cc(NC(=O)OC(C)(C)C)cn2)ccc1C#N. The number of rotatable bonds is 5. The first-order chi connectivity index (χ1) is 13.4. The number of ether oxygens (including phenoxy) is 1. The summed E-state index contributed by atoms with van der Waals surface area (Å²) < 4.78 is 6.51. The molecule has 2 aromatic rings. The van der Waals surface area contributed by atoms with Crippen LogP contribution in [0.15, 0.2) is 30.6 Å². The van der Waals surface area contributed by atoms with Crippen molar-refractivity contribution in [3.63, 3.8) is 0 Å². The molecule has 9 nitrogen and oxygen atoms in total. The Bertz CT molecular complexity index is 951. The van der Waals surface area contributed by atoms with Gasteiger partial charge < -0.3 is 15.2 Å². The minimum atomic E-state index is -1.77. The van der Waals surface area contributed by atoms with Gasteiger partial charge in [0.1, 0.15) is 5.60 Å². The maximum absolute atomic E-state index is 12.5. The van der Waals surface area contributed by atoms with Crippen LogP contribution in [0.4, 0.5) is 16.2 Å². The van der Waals surface area contributed by atoms with Gasteiger partial charge in [-0.05, 0) is 58.4 Å². The topological polar surface area (TPSA) is 129 Å². The Morgan fingerprint density at radius 1 is 1.24 bits per heavy atom. The minimum Gasteiger partial charge on any atom is -0.444 e. The molecule has 0 bridgehead atoms. The van der Waals surface area contributed by atoms with E-state index in [-0.39, 0.29) is 6.54 Å². The first-order valence-electron chi connectivity index (χ1n) is 8.97. The number of nitrogens with zero attached hydrogens (tertiary/aromatic N) is 3. The monoisotopic (exact) mass is 399 g/mol. The van der Waals surface area contributed by atoms with E-state index in [0.29, 0.717) is 16.9 Å². The van der Waals surface area contributed by atoms with Crippen molar-refractivity contribution in [3.05, 3.63) is 41.7 Å². The van der Waals surface area contributed by atoms with E-state index in [0.717, 1.165) is 5.56 Å². The Morgan fingerprint density at radius 2 is 1.93 bits per heavy atom. The number of carbonyl (C=O) groups excluding carboxylic acids is 2. The highest BCUT2D eigenvalue weighted by atomic mass is 16.6. The molecule has 1 atom stereocenters. The van der Waals surface area contributed by atoms with Crippen LogP contribution in [0.5, 0.6) is 0 Å². The van der Waals surface area contributed by atoms with Crippen LogP contribution >= 0.6 is 0 Å². The molecule has 0 radical (unpaired) electrons. The van der Waals surface area contributed by atoms with Crippen molar-refractivity contribution in [2.75, 3.05) is 10.6 Å². The van der Waals surface area contributed by atoms with Gasteiger partial charge in [-0.1, -0.05) is 0 Å². The van der Waals surface area contributed by atoms with E-state index >= 15 is 0 Å². The number of anilines is 2. The van der Waals surface area contributed by atoms with E-state index in [9.17, 15) is 14.7 Å². The number of aliphatic hydroxyl groups is 1. The summed E-state index contributed by atoms with van der Waals surface area (Å²) in [6.45, 7) is 8.24. The van der Waals surface area contributed by atoms with Gasteiger partial charge in [0.25, 0.3) is 5.91 Å². The van der Waals surface area contributed by atoms with E-state index in [2.05, 4.69) is 21.8 Å². The molecule has 0 aliphatic rings. The van der Waals surface area contributed by atoms with Gasteiger partial charge in [0, 0.05) is 11.9 Å². The second-order valence-electron chi connectivity index (χ2n) is 7.92. The van der Waals surface area contributed by atoms with Crippen molar-refractivity contribution < 1.29 is 19.4 Å². The number of carbonyl (C=O) groups is 2.